The summed E-state index contributed by atoms with van der Waals surface area (Å²) in [5.74, 6) is -0.337. The van der Waals surface area contributed by atoms with Crippen LogP contribution in [0.3, 0.4) is 0 Å². The molecular formula is C32H24F6O2SiZr. The van der Waals surface area contributed by atoms with E-state index >= 15 is 0 Å². The van der Waals surface area contributed by atoms with Gasteiger partial charge in [-0.2, -0.15) is 61.4 Å². The van der Waals surface area contributed by atoms with Crippen molar-refractivity contribution in [2.45, 2.75) is 12.4 Å². The van der Waals surface area contributed by atoms with Gasteiger partial charge in [-0.3, -0.25) is 0 Å². The molecule has 6 rings (SSSR count). The Morgan fingerprint density at radius 2 is 0.786 bits per heavy atom. The largest absolute Gasteiger partial charge is 0.168 e. The number of rotatable bonds is 0. The van der Waals surface area contributed by atoms with E-state index in [4.69, 9.17) is 10.2 Å². The Bertz CT molecular complexity index is 1420. The summed E-state index contributed by atoms with van der Waals surface area (Å²) in [7, 11) is 0. The molecule has 0 spiro atoms. The molecule has 6 aromatic rings. The number of phenolic OH excluding ortho intramolecular Hbond substituents is 2. The van der Waals surface area contributed by atoms with Crippen LogP contribution in [0.5, 0.6) is 11.5 Å². The summed E-state index contributed by atoms with van der Waals surface area (Å²) in [5, 5.41) is 22.6. The third-order valence-electron chi connectivity index (χ3n) is 5.48. The maximum Gasteiger partial charge on any atom is -0.0809 e. The van der Waals surface area contributed by atoms with Crippen molar-refractivity contribution in [1.82, 2.24) is 0 Å². The van der Waals surface area contributed by atoms with E-state index in [1.807, 2.05) is 0 Å². The summed E-state index contributed by atoms with van der Waals surface area (Å²) in [5.41, 5.74) is -1.51. The van der Waals surface area contributed by atoms with Crippen molar-refractivity contribution >= 4 is 28.4 Å². The topological polar surface area (TPSA) is 40.5 Å². The molecule has 0 bridgehead atoms. The first-order chi connectivity index (χ1) is 19.9. The Morgan fingerprint density at radius 1 is 0.476 bits per heavy atom. The van der Waals surface area contributed by atoms with Crippen LogP contribution in [0.4, 0.5) is 26.3 Å². The zero-order valence-corrected chi connectivity index (χ0v) is 25.3. The minimum Gasteiger partial charge on any atom is -0.168 e. The molecule has 0 unspecified atom stereocenters. The fourth-order valence-corrected chi connectivity index (χ4v) is 3.44. The number of hydrogen-bond donors (Lipinski definition) is 2. The van der Waals surface area contributed by atoms with E-state index in [9.17, 15) is 26.3 Å². The Balaban J connectivity index is 0.000000192. The van der Waals surface area contributed by atoms with Gasteiger partial charge in [0.05, 0.1) is 11.1 Å². The van der Waals surface area contributed by atoms with Crippen LogP contribution in [-0.2, 0) is 35.7 Å². The molecule has 0 amide bonds. The number of fused-ring (bicyclic) bond motifs is 2. The van der Waals surface area contributed by atoms with E-state index in [-0.39, 0.29) is 11.5 Å². The van der Waals surface area contributed by atoms with E-state index in [0.29, 0.717) is 0 Å². The SMILES string of the molecule is Oc1ccc(C(F)(F)F)cc1.Oc1ccc(C(F)(F)F)cc1.[Si]=[Zr+2].c1ccc2[cH-]ccc2c1.c1ccc2[cH-]ccc2c1. The van der Waals surface area contributed by atoms with Gasteiger partial charge in [-0.1, -0.05) is 12.1 Å². The standard InChI is InChI=1S/2C9H7.2C7H5F3O.Si.Zr/c2*1-2-5-9-7-3-6-8(9)4-1;2*8-7(9,10)5-1-3-6(11)4-2-5;;/h2*1-7H;2*1-4,11H;;/q2*-1;;;;+2. The quantitative estimate of drug-likeness (QED) is 0.0958. The Hall–Kier alpha value is -3.62. The van der Waals surface area contributed by atoms with Crippen LogP contribution in [0.1, 0.15) is 11.1 Å². The molecule has 10 heteroatoms. The first kappa shape index (κ1) is 34.6. The molecule has 0 aliphatic carbocycles. The zero-order valence-electron chi connectivity index (χ0n) is 21.9. The molecule has 42 heavy (non-hydrogen) atoms. The molecule has 0 aliphatic heterocycles. The average molecular weight is 674 g/mol. The molecule has 214 valence electrons. The van der Waals surface area contributed by atoms with Crippen molar-refractivity contribution in [3.63, 3.8) is 0 Å². The van der Waals surface area contributed by atoms with Gasteiger partial charge in [0.1, 0.15) is 11.5 Å². The minimum absolute atomic E-state index is 0.169. The van der Waals surface area contributed by atoms with Gasteiger partial charge in [-0.25, -0.2) is 0 Å². The van der Waals surface area contributed by atoms with Crippen LogP contribution < -0.4 is 0 Å². The molecule has 0 aliphatic rings. The second-order valence-corrected chi connectivity index (χ2v) is 8.40. The fraction of sp³-hybridized carbons (Fsp3) is 0.0625. The van der Waals surface area contributed by atoms with E-state index in [2.05, 4.69) is 91.8 Å². The normalized spacial score (nSPS) is 10.6. The number of halogens is 6. The van der Waals surface area contributed by atoms with Gasteiger partial charge in [-0.05, 0) is 48.5 Å². The average Bonchev–Trinajstić information content (AvgIpc) is 3.65. The van der Waals surface area contributed by atoms with Crippen LogP contribution in [0.2, 0.25) is 0 Å². The minimum atomic E-state index is -4.33. The third kappa shape index (κ3) is 11.7. The van der Waals surface area contributed by atoms with Gasteiger partial charge in [-0.15, -0.1) is 59.3 Å². The van der Waals surface area contributed by atoms with Crippen LogP contribution >= 0.6 is 0 Å². The fourth-order valence-electron chi connectivity index (χ4n) is 3.44. The predicted octanol–water partition coefficient (Wildman–Crippen LogP) is 9.56. The van der Waals surface area contributed by atoms with E-state index in [1.54, 1.807) is 0 Å². The summed E-state index contributed by atoms with van der Waals surface area (Å²) >= 11 is 1.36. The van der Waals surface area contributed by atoms with Gasteiger partial charge in [0, 0.05) is 0 Å². The summed E-state index contributed by atoms with van der Waals surface area (Å²) in [6, 6.07) is 36.7. The first-order valence-electron chi connectivity index (χ1n) is 12.1. The molecule has 0 atom stereocenters. The summed E-state index contributed by atoms with van der Waals surface area (Å²) in [6.45, 7) is 3.06. The first-order valence-corrected chi connectivity index (χ1v) is 16.3. The van der Waals surface area contributed by atoms with Gasteiger partial charge in [0.2, 0.25) is 0 Å². The zero-order chi connectivity index (χ0) is 31.2. The maximum atomic E-state index is 11.8. The Morgan fingerprint density at radius 3 is 1.07 bits per heavy atom. The molecule has 6 aromatic carbocycles. The predicted molar refractivity (Wildman–Crippen MR) is 151 cm³/mol. The van der Waals surface area contributed by atoms with Crippen molar-refractivity contribution in [2.75, 3.05) is 0 Å². The van der Waals surface area contributed by atoms with Crippen LogP contribution in [0, 0.1) is 0 Å². The van der Waals surface area contributed by atoms with Gasteiger partial charge in [0.25, 0.3) is 0 Å². The summed E-state index contributed by atoms with van der Waals surface area (Å²) in [4.78, 5) is 0. The van der Waals surface area contributed by atoms with Crippen molar-refractivity contribution in [3.05, 3.63) is 145 Å². The molecule has 0 aromatic heterocycles. The second-order valence-electron chi connectivity index (χ2n) is 8.40. The molecule has 0 fully saturated rings. The molecule has 2 nitrogen and oxygen atoms in total. The molecule has 0 saturated heterocycles. The van der Waals surface area contributed by atoms with Gasteiger partial charge in [0.15, 0.2) is 0 Å². The number of hydrogen-bond acceptors (Lipinski definition) is 2. The number of benzene rings is 4. The molecular weight excluding hydrogens is 650 g/mol. The maximum absolute atomic E-state index is 11.8. The summed E-state index contributed by atoms with van der Waals surface area (Å²) < 4.78 is 71.0. The number of alkyl halides is 6. The van der Waals surface area contributed by atoms with E-state index in [1.165, 1.54) is 44.9 Å². The van der Waals surface area contributed by atoms with Crippen molar-refractivity contribution < 1.29 is 59.9 Å². The van der Waals surface area contributed by atoms with Crippen molar-refractivity contribution in [2.24, 2.45) is 0 Å². The second kappa shape index (κ2) is 16.7. The van der Waals surface area contributed by atoms with Crippen molar-refractivity contribution in [1.29, 1.82) is 0 Å². The van der Waals surface area contributed by atoms with E-state index in [0.717, 1.165) is 48.5 Å². The molecule has 2 N–H and O–H groups in total. The van der Waals surface area contributed by atoms with Crippen molar-refractivity contribution in [3.8, 4) is 11.5 Å². The smallest absolute Gasteiger partial charge is 0.0809 e. The number of phenols is 2. The number of aromatic hydroxyl groups is 2. The Kier molecular flexibility index (Phi) is 13.8. The monoisotopic (exact) mass is 672 g/mol. The molecule has 0 heterocycles. The van der Waals surface area contributed by atoms with Crippen LogP contribution in [0.15, 0.2) is 133 Å². The molecule has 2 radical (unpaired) electrons. The van der Waals surface area contributed by atoms with Crippen LogP contribution in [0.25, 0.3) is 21.5 Å². The van der Waals surface area contributed by atoms with Gasteiger partial charge < -0.3 is 10.2 Å². The Labute approximate surface area is 255 Å². The van der Waals surface area contributed by atoms with Gasteiger partial charge >= 0.3 is 42.6 Å². The van der Waals surface area contributed by atoms with E-state index < -0.39 is 23.5 Å². The third-order valence-corrected chi connectivity index (χ3v) is 5.48. The summed E-state index contributed by atoms with van der Waals surface area (Å²) in [6.07, 6.45) is -8.65. The van der Waals surface area contributed by atoms with Crippen LogP contribution in [-0.4, -0.2) is 17.1 Å². The molecule has 0 saturated carbocycles.